The van der Waals surface area contributed by atoms with Gasteiger partial charge in [-0.1, -0.05) is 18.2 Å². The number of ether oxygens (including phenoxy) is 2. The summed E-state index contributed by atoms with van der Waals surface area (Å²) in [5.74, 6) is 0.323. The average molecular weight is 431 g/mol. The third-order valence-electron chi connectivity index (χ3n) is 5.52. The fourth-order valence-electron chi connectivity index (χ4n) is 3.53. The summed E-state index contributed by atoms with van der Waals surface area (Å²) in [4.78, 5) is 13.8. The Kier molecular flexibility index (Phi) is 6.68. The zero-order valence-electron chi connectivity index (χ0n) is 18.0. The normalized spacial score (nSPS) is 28.3. The van der Waals surface area contributed by atoms with Crippen molar-refractivity contribution >= 4 is 5.91 Å². The summed E-state index contributed by atoms with van der Waals surface area (Å²) in [7, 11) is 3.40. The molecule has 0 bridgehead atoms. The Balaban J connectivity index is 1.85. The predicted molar refractivity (Wildman–Crippen MR) is 114 cm³/mol. The molecule has 8 heteroatoms. The standard InChI is InChI=1S/C23H29NO7/c1-13-10-15(14-6-5-7-16(11-14)21(28)24(3)4)8-9-17(13)30-22-23(2,29)20(27)19(26)18(12-25)31-22/h5-11,18-20,22,25-27,29H,12H2,1-4H3/t18-,19-,20+,22?,23+/m1/s1. The van der Waals surface area contributed by atoms with Crippen molar-refractivity contribution in [3.8, 4) is 16.9 Å². The number of aryl methyl sites for hydroxylation is 1. The van der Waals surface area contributed by atoms with Crippen LogP contribution in [-0.2, 0) is 4.74 Å². The van der Waals surface area contributed by atoms with Gasteiger partial charge in [0.25, 0.3) is 5.91 Å². The Hall–Kier alpha value is -2.49. The number of rotatable bonds is 5. The number of hydrogen-bond acceptors (Lipinski definition) is 7. The summed E-state index contributed by atoms with van der Waals surface area (Å²) in [6.45, 7) is 2.59. The molecule has 1 aliphatic heterocycles. The smallest absolute Gasteiger partial charge is 0.253 e. The first kappa shape index (κ1) is 23.2. The van der Waals surface area contributed by atoms with E-state index in [1.807, 2.05) is 37.3 Å². The van der Waals surface area contributed by atoms with Gasteiger partial charge in [-0.15, -0.1) is 0 Å². The highest BCUT2D eigenvalue weighted by molar-refractivity contribution is 5.95. The maximum Gasteiger partial charge on any atom is 0.253 e. The molecule has 2 aromatic rings. The number of hydrogen-bond donors (Lipinski definition) is 4. The zero-order valence-corrected chi connectivity index (χ0v) is 18.0. The van der Waals surface area contributed by atoms with Crippen LogP contribution < -0.4 is 4.74 Å². The minimum atomic E-state index is -1.89. The summed E-state index contributed by atoms with van der Waals surface area (Å²) in [5, 5.41) is 40.2. The van der Waals surface area contributed by atoms with E-state index >= 15 is 0 Å². The maximum absolute atomic E-state index is 12.2. The third kappa shape index (κ3) is 4.58. The molecule has 1 amide bonds. The number of amides is 1. The lowest BCUT2D eigenvalue weighted by molar-refractivity contribution is -0.314. The van der Waals surface area contributed by atoms with E-state index in [2.05, 4.69) is 0 Å². The van der Waals surface area contributed by atoms with Crippen LogP contribution in [0.3, 0.4) is 0 Å². The van der Waals surface area contributed by atoms with Gasteiger partial charge in [0.1, 0.15) is 24.1 Å². The van der Waals surface area contributed by atoms with E-state index in [1.54, 1.807) is 26.2 Å². The number of benzene rings is 2. The summed E-state index contributed by atoms with van der Waals surface area (Å²) >= 11 is 0. The molecular weight excluding hydrogens is 402 g/mol. The number of aliphatic hydroxyl groups excluding tert-OH is 3. The number of aliphatic hydroxyl groups is 4. The highest BCUT2D eigenvalue weighted by Crippen LogP contribution is 2.34. The molecule has 2 aromatic carbocycles. The molecule has 0 aromatic heterocycles. The molecule has 1 fully saturated rings. The van der Waals surface area contributed by atoms with E-state index in [1.165, 1.54) is 11.8 Å². The fourth-order valence-corrected chi connectivity index (χ4v) is 3.53. The molecule has 0 saturated carbocycles. The molecule has 1 saturated heterocycles. The van der Waals surface area contributed by atoms with Crippen LogP contribution in [0.2, 0.25) is 0 Å². The van der Waals surface area contributed by atoms with Crippen LogP contribution in [0.5, 0.6) is 5.75 Å². The van der Waals surface area contributed by atoms with Gasteiger partial charge in [0.05, 0.1) is 6.61 Å². The number of carbonyl (C=O) groups is 1. The average Bonchev–Trinajstić information content (AvgIpc) is 2.75. The fraction of sp³-hybridized carbons (Fsp3) is 0.435. The lowest BCUT2D eigenvalue weighted by Gasteiger charge is -2.45. The van der Waals surface area contributed by atoms with Gasteiger partial charge >= 0.3 is 0 Å². The minimum Gasteiger partial charge on any atom is -0.461 e. The van der Waals surface area contributed by atoms with Crippen LogP contribution in [0.25, 0.3) is 11.1 Å². The van der Waals surface area contributed by atoms with Crippen molar-refractivity contribution in [3.05, 3.63) is 53.6 Å². The van der Waals surface area contributed by atoms with Gasteiger partial charge in [0, 0.05) is 19.7 Å². The lowest BCUT2D eigenvalue weighted by Crippen LogP contribution is -2.66. The molecule has 0 aliphatic carbocycles. The SMILES string of the molecule is Cc1cc(-c2cccc(C(=O)N(C)C)c2)ccc1OC1O[C@H](CO)[C@@H](O)[C@H](O)[C@]1(C)O. The zero-order chi connectivity index (χ0) is 22.9. The van der Waals surface area contributed by atoms with Gasteiger partial charge in [-0.3, -0.25) is 4.79 Å². The Morgan fingerprint density at radius 2 is 1.84 bits per heavy atom. The second kappa shape index (κ2) is 8.94. The van der Waals surface area contributed by atoms with Gasteiger partial charge in [0.15, 0.2) is 5.60 Å². The first-order chi connectivity index (χ1) is 14.6. The number of nitrogens with zero attached hydrogens (tertiary/aromatic N) is 1. The molecule has 3 rings (SSSR count). The molecule has 4 N–H and O–H groups in total. The second-order valence-electron chi connectivity index (χ2n) is 8.23. The van der Waals surface area contributed by atoms with Crippen molar-refractivity contribution in [1.29, 1.82) is 0 Å². The molecule has 1 aliphatic rings. The van der Waals surface area contributed by atoms with E-state index in [9.17, 15) is 25.2 Å². The monoisotopic (exact) mass is 431 g/mol. The van der Waals surface area contributed by atoms with Crippen LogP contribution in [-0.4, -0.2) is 82.1 Å². The Morgan fingerprint density at radius 1 is 1.16 bits per heavy atom. The van der Waals surface area contributed by atoms with Gasteiger partial charge in [0.2, 0.25) is 6.29 Å². The van der Waals surface area contributed by atoms with Crippen molar-refractivity contribution in [2.45, 2.75) is 44.1 Å². The van der Waals surface area contributed by atoms with Crippen molar-refractivity contribution in [2.24, 2.45) is 0 Å². The lowest BCUT2D eigenvalue weighted by atomic mass is 9.88. The first-order valence-electron chi connectivity index (χ1n) is 10.0. The summed E-state index contributed by atoms with van der Waals surface area (Å²) in [6, 6.07) is 12.7. The van der Waals surface area contributed by atoms with Crippen molar-refractivity contribution in [2.75, 3.05) is 20.7 Å². The minimum absolute atomic E-state index is 0.0885. The second-order valence-corrected chi connectivity index (χ2v) is 8.23. The van der Waals surface area contributed by atoms with Gasteiger partial charge < -0.3 is 34.8 Å². The largest absolute Gasteiger partial charge is 0.461 e. The molecular formula is C23H29NO7. The van der Waals surface area contributed by atoms with Crippen LogP contribution >= 0.6 is 0 Å². The van der Waals surface area contributed by atoms with Gasteiger partial charge in [-0.05, 0) is 54.8 Å². The van der Waals surface area contributed by atoms with Crippen LogP contribution in [0.4, 0.5) is 0 Å². The molecule has 0 radical (unpaired) electrons. The molecule has 5 atom stereocenters. The predicted octanol–water partition coefficient (Wildman–Crippen LogP) is 0.933. The summed E-state index contributed by atoms with van der Waals surface area (Å²) < 4.78 is 11.3. The van der Waals surface area contributed by atoms with E-state index < -0.39 is 36.8 Å². The highest BCUT2D eigenvalue weighted by Gasteiger charge is 2.53. The molecule has 1 heterocycles. The van der Waals surface area contributed by atoms with Crippen molar-refractivity contribution in [3.63, 3.8) is 0 Å². The van der Waals surface area contributed by atoms with Crippen LogP contribution in [0, 0.1) is 6.92 Å². The van der Waals surface area contributed by atoms with E-state index in [4.69, 9.17) is 9.47 Å². The van der Waals surface area contributed by atoms with E-state index in [0.29, 0.717) is 11.3 Å². The first-order valence-corrected chi connectivity index (χ1v) is 10.0. The molecule has 8 nitrogen and oxygen atoms in total. The Labute approximate surface area is 181 Å². The molecule has 31 heavy (non-hydrogen) atoms. The van der Waals surface area contributed by atoms with E-state index in [0.717, 1.165) is 16.7 Å². The highest BCUT2D eigenvalue weighted by atomic mass is 16.7. The quantitative estimate of drug-likeness (QED) is 0.556. The Morgan fingerprint density at radius 3 is 2.45 bits per heavy atom. The Bertz CT molecular complexity index is 943. The van der Waals surface area contributed by atoms with Crippen LogP contribution in [0.1, 0.15) is 22.8 Å². The topological polar surface area (TPSA) is 120 Å². The van der Waals surface area contributed by atoms with Gasteiger partial charge in [-0.2, -0.15) is 0 Å². The summed E-state index contributed by atoms with van der Waals surface area (Å²) in [6.07, 6.45) is -5.38. The third-order valence-corrected chi connectivity index (χ3v) is 5.52. The summed E-state index contributed by atoms with van der Waals surface area (Å²) in [5.41, 5.74) is 1.16. The van der Waals surface area contributed by atoms with E-state index in [-0.39, 0.29) is 5.91 Å². The van der Waals surface area contributed by atoms with Crippen molar-refractivity contribution < 1.29 is 34.7 Å². The number of carbonyl (C=O) groups excluding carboxylic acids is 1. The van der Waals surface area contributed by atoms with Crippen molar-refractivity contribution in [1.82, 2.24) is 4.90 Å². The maximum atomic E-state index is 12.2. The van der Waals surface area contributed by atoms with Crippen LogP contribution in [0.15, 0.2) is 42.5 Å². The molecule has 168 valence electrons. The molecule has 0 spiro atoms. The van der Waals surface area contributed by atoms with Gasteiger partial charge in [-0.25, -0.2) is 0 Å². The molecule has 1 unspecified atom stereocenters.